The number of amides is 3. The Labute approximate surface area is 243 Å². The lowest BCUT2D eigenvalue weighted by Gasteiger charge is -2.33. The van der Waals surface area contributed by atoms with Crippen molar-refractivity contribution in [2.75, 3.05) is 19.8 Å². The average molecular weight is 567 g/mol. The number of benzene rings is 3. The Morgan fingerprint density at radius 3 is 2.10 bits per heavy atom. The molecule has 0 spiro atoms. The summed E-state index contributed by atoms with van der Waals surface area (Å²) in [7, 11) is 0. The molecule has 2 aliphatic rings. The average Bonchev–Trinajstić information content (AvgIpc) is 3.17. The van der Waals surface area contributed by atoms with Gasteiger partial charge in [0.25, 0.3) is 11.8 Å². The molecule has 0 aromatic heterocycles. The van der Waals surface area contributed by atoms with Crippen LogP contribution in [-0.4, -0.2) is 65.3 Å². The van der Waals surface area contributed by atoms with E-state index in [1.807, 2.05) is 36.4 Å². The van der Waals surface area contributed by atoms with Gasteiger partial charge in [0.1, 0.15) is 12.6 Å². The van der Waals surface area contributed by atoms with Crippen molar-refractivity contribution >= 4 is 35.7 Å². The molecule has 0 fully saturated rings. The van der Waals surface area contributed by atoms with Gasteiger partial charge in [-0.3, -0.25) is 24.1 Å². The Balaban J connectivity index is 1.57. The normalized spacial score (nSPS) is 18.1. The summed E-state index contributed by atoms with van der Waals surface area (Å²) in [5.74, 6) is -2.68. The summed E-state index contributed by atoms with van der Waals surface area (Å²) in [6, 6.07) is 19.3. The molecule has 0 saturated carbocycles. The molecular formula is C33H30N2O7. The molecule has 0 N–H and O–H groups in total. The van der Waals surface area contributed by atoms with Gasteiger partial charge in [-0.05, 0) is 54.3 Å². The van der Waals surface area contributed by atoms with Crippen LogP contribution >= 0.6 is 0 Å². The summed E-state index contributed by atoms with van der Waals surface area (Å²) >= 11 is 0. The largest absolute Gasteiger partial charge is 0.465 e. The second kappa shape index (κ2) is 12.2. The lowest BCUT2D eigenvalue weighted by atomic mass is 9.92. The molecule has 2 aliphatic heterocycles. The van der Waals surface area contributed by atoms with Crippen LogP contribution in [0.4, 0.5) is 0 Å². The minimum atomic E-state index is -1.16. The monoisotopic (exact) mass is 566 g/mol. The minimum absolute atomic E-state index is 0.0939. The van der Waals surface area contributed by atoms with E-state index in [2.05, 4.69) is 0 Å². The Hall–Kier alpha value is -5.05. The molecule has 2 atom stereocenters. The van der Waals surface area contributed by atoms with Crippen LogP contribution in [0.5, 0.6) is 0 Å². The zero-order valence-electron chi connectivity index (χ0n) is 23.3. The second-order valence-electron chi connectivity index (χ2n) is 9.87. The fraction of sp³-hybridized carbons (Fsp3) is 0.242. The van der Waals surface area contributed by atoms with E-state index >= 15 is 0 Å². The van der Waals surface area contributed by atoms with Gasteiger partial charge < -0.3 is 14.4 Å². The topological polar surface area (TPSA) is 110 Å². The molecule has 0 saturated heterocycles. The molecule has 2 heterocycles. The first kappa shape index (κ1) is 28.5. The van der Waals surface area contributed by atoms with Crippen molar-refractivity contribution in [1.82, 2.24) is 9.80 Å². The van der Waals surface area contributed by atoms with Crippen molar-refractivity contribution in [1.29, 1.82) is 0 Å². The molecule has 9 heteroatoms. The Bertz CT molecular complexity index is 1540. The first-order valence-electron chi connectivity index (χ1n) is 13.8. The number of nitrogens with zero attached hydrogens (tertiary/aromatic N) is 2. The van der Waals surface area contributed by atoms with Gasteiger partial charge in [0.2, 0.25) is 5.91 Å². The zero-order valence-corrected chi connectivity index (χ0v) is 23.3. The minimum Gasteiger partial charge on any atom is -0.465 e. The third-order valence-electron chi connectivity index (χ3n) is 7.34. The highest BCUT2D eigenvalue weighted by Crippen LogP contribution is 2.38. The Morgan fingerprint density at radius 2 is 1.45 bits per heavy atom. The molecule has 3 amide bonds. The van der Waals surface area contributed by atoms with E-state index in [9.17, 15) is 24.0 Å². The fourth-order valence-electron chi connectivity index (χ4n) is 5.48. The van der Waals surface area contributed by atoms with Crippen LogP contribution in [0.1, 0.15) is 62.9 Å². The van der Waals surface area contributed by atoms with Gasteiger partial charge in [-0.25, -0.2) is 4.79 Å². The lowest BCUT2D eigenvalue weighted by Crippen LogP contribution is -2.52. The van der Waals surface area contributed by atoms with Gasteiger partial charge in [-0.15, -0.1) is 0 Å². The number of carbonyl (C=O) groups is 5. The molecule has 3 aromatic rings. The van der Waals surface area contributed by atoms with E-state index in [0.29, 0.717) is 5.56 Å². The van der Waals surface area contributed by atoms with Crippen LogP contribution in [0, 0.1) is 0 Å². The predicted molar refractivity (Wildman–Crippen MR) is 153 cm³/mol. The van der Waals surface area contributed by atoms with Crippen molar-refractivity contribution in [3.8, 4) is 0 Å². The van der Waals surface area contributed by atoms with Crippen molar-refractivity contribution in [2.45, 2.75) is 32.4 Å². The van der Waals surface area contributed by atoms with Crippen LogP contribution in [0.15, 0.2) is 78.9 Å². The first-order valence-corrected chi connectivity index (χ1v) is 13.8. The quantitative estimate of drug-likeness (QED) is 0.231. The Kier molecular flexibility index (Phi) is 8.28. The SMILES string of the molecule is CCOC(=O)/C=C/c1ccc(C2c3ccccc3C[C@H](N3C(=O)c4ccccc4C3=O)C(=O)N2CC(=O)OCC)cc1. The molecular weight excluding hydrogens is 536 g/mol. The maximum Gasteiger partial charge on any atom is 0.330 e. The standard InChI is InChI=1S/C33H30N2O7/c1-3-41-28(36)18-15-21-13-16-22(17-14-21)30-24-10-6-5-9-23(24)19-27(33(40)34(30)20-29(37)42-4-2)35-31(38)25-11-7-8-12-26(25)32(35)39/h5-18,27,30H,3-4,19-20H2,1-2H3/b18-15+/t27-,30?/m0/s1. The fourth-order valence-corrected chi connectivity index (χ4v) is 5.48. The lowest BCUT2D eigenvalue weighted by molar-refractivity contribution is -0.151. The molecule has 214 valence electrons. The van der Waals surface area contributed by atoms with Gasteiger partial charge in [0, 0.05) is 12.5 Å². The molecule has 0 radical (unpaired) electrons. The molecule has 1 unspecified atom stereocenters. The summed E-state index contributed by atoms with van der Waals surface area (Å²) in [6.45, 7) is 3.43. The molecule has 3 aromatic carbocycles. The van der Waals surface area contributed by atoms with Crippen molar-refractivity contribution in [3.63, 3.8) is 0 Å². The van der Waals surface area contributed by atoms with E-state index < -0.39 is 41.7 Å². The van der Waals surface area contributed by atoms with Gasteiger partial charge in [0.15, 0.2) is 0 Å². The van der Waals surface area contributed by atoms with E-state index in [1.165, 1.54) is 11.0 Å². The number of imide groups is 1. The van der Waals surface area contributed by atoms with Gasteiger partial charge in [-0.1, -0.05) is 60.7 Å². The van der Waals surface area contributed by atoms with Crippen LogP contribution in [-0.2, 0) is 30.3 Å². The van der Waals surface area contributed by atoms with Crippen LogP contribution in [0.2, 0.25) is 0 Å². The summed E-state index contributed by atoms with van der Waals surface area (Å²) in [6.07, 6.45) is 3.06. The van der Waals surface area contributed by atoms with E-state index in [4.69, 9.17) is 9.47 Å². The number of rotatable bonds is 8. The number of hydrogen-bond donors (Lipinski definition) is 0. The Morgan fingerprint density at radius 1 is 0.833 bits per heavy atom. The highest BCUT2D eigenvalue weighted by atomic mass is 16.5. The van der Waals surface area contributed by atoms with Crippen molar-refractivity contribution in [3.05, 3.63) is 112 Å². The molecule has 0 bridgehead atoms. The van der Waals surface area contributed by atoms with Crippen molar-refractivity contribution < 1.29 is 33.4 Å². The van der Waals surface area contributed by atoms with Crippen LogP contribution in [0.3, 0.4) is 0 Å². The summed E-state index contributed by atoms with van der Waals surface area (Å²) < 4.78 is 10.2. The number of carbonyl (C=O) groups excluding carboxylic acids is 5. The van der Waals surface area contributed by atoms with Crippen molar-refractivity contribution in [2.24, 2.45) is 0 Å². The highest BCUT2D eigenvalue weighted by Gasteiger charge is 2.47. The molecule has 9 nitrogen and oxygen atoms in total. The first-order chi connectivity index (χ1) is 20.3. The third-order valence-corrected chi connectivity index (χ3v) is 7.34. The molecule has 42 heavy (non-hydrogen) atoms. The molecule has 5 rings (SSSR count). The number of esters is 2. The second-order valence-corrected chi connectivity index (χ2v) is 9.87. The third kappa shape index (κ3) is 5.45. The summed E-state index contributed by atoms with van der Waals surface area (Å²) in [5, 5.41) is 0. The van der Waals surface area contributed by atoms with Gasteiger partial charge in [0.05, 0.1) is 30.4 Å². The van der Waals surface area contributed by atoms with E-state index in [-0.39, 0.29) is 37.3 Å². The van der Waals surface area contributed by atoms with Gasteiger partial charge >= 0.3 is 11.9 Å². The summed E-state index contributed by atoms with van der Waals surface area (Å²) in [5.41, 5.74) is 3.47. The number of hydrogen-bond acceptors (Lipinski definition) is 7. The van der Waals surface area contributed by atoms with Gasteiger partial charge in [-0.2, -0.15) is 0 Å². The highest BCUT2D eigenvalue weighted by molar-refractivity contribution is 6.23. The summed E-state index contributed by atoms with van der Waals surface area (Å²) in [4.78, 5) is 68.3. The number of ether oxygens (including phenoxy) is 2. The predicted octanol–water partition coefficient (Wildman–Crippen LogP) is 3.96. The zero-order chi connectivity index (χ0) is 29.8. The molecule has 0 aliphatic carbocycles. The smallest absolute Gasteiger partial charge is 0.330 e. The van der Waals surface area contributed by atoms with Crippen LogP contribution in [0.25, 0.3) is 6.08 Å². The maximum absolute atomic E-state index is 14.4. The number of fused-ring (bicyclic) bond motifs is 2. The maximum atomic E-state index is 14.4. The van der Waals surface area contributed by atoms with Crippen LogP contribution < -0.4 is 0 Å². The van der Waals surface area contributed by atoms with E-state index in [0.717, 1.165) is 21.6 Å². The van der Waals surface area contributed by atoms with E-state index in [1.54, 1.807) is 56.3 Å².